The van der Waals surface area contributed by atoms with Crippen molar-refractivity contribution in [3.63, 3.8) is 0 Å². The molecule has 2 heterocycles. The van der Waals surface area contributed by atoms with Gasteiger partial charge in [0.1, 0.15) is 5.01 Å². The molecule has 0 atom stereocenters. The zero-order valence-corrected chi connectivity index (χ0v) is 10.6. The van der Waals surface area contributed by atoms with Gasteiger partial charge >= 0.3 is 0 Å². The van der Waals surface area contributed by atoms with E-state index >= 15 is 0 Å². The van der Waals surface area contributed by atoms with Gasteiger partial charge in [-0.15, -0.1) is 11.3 Å². The van der Waals surface area contributed by atoms with E-state index in [0.29, 0.717) is 0 Å². The number of aromatic nitrogens is 3. The van der Waals surface area contributed by atoms with Gasteiger partial charge in [-0.25, -0.2) is 4.98 Å². The number of nitrogens with zero attached hydrogens (tertiary/aromatic N) is 3. The topological polar surface area (TPSA) is 42.7 Å². The molecule has 2 rings (SSSR count). The van der Waals surface area contributed by atoms with Gasteiger partial charge in [0.15, 0.2) is 0 Å². The minimum absolute atomic E-state index is 0.825. The summed E-state index contributed by atoms with van der Waals surface area (Å²) >= 11 is 1.68. The lowest BCUT2D eigenvalue weighted by Crippen LogP contribution is -2.13. The summed E-state index contributed by atoms with van der Waals surface area (Å²) in [7, 11) is 1.98. The first-order valence-electron chi connectivity index (χ1n) is 5.26. The molecule has 0 amide bonds. The predicted octanol–water partition coefficient (Wildman–Crippen LogP) is 1.78. The number of rotatable bonds is 4. The van der Waals surface area contributed by atoms with E-state index in [2.05, 4.69) is 22.3 Å². The lowest BCUT2D eigenvalue weighted by atomic mass is 10.2. The van der Waals surface area contributed by atoms with E-state index < -0.39 is 0 Å². The second-order valence-corrected chi connectivity index (χ2v) is 4.78. The third kappa shape index (κ3) is 2.31. The monoisotopic (exact) mass is 236 g/mol. The minimum atomic E-state index is 0.825. The average molecular weight is 236 g/mol. The van der Waals surface area contributed by atoms with Crippen LogP contribution in [-0.4, -0.2) is 14.8 Å². The van der Waals surface area contributed by atoms with Gasteiger partial charge in [0, 0.05) is 43.0 Å². The lowest BCUT2D eigenvalue weighted by molar-refractivity contribution is 0.681. The van der Waals surface area contributed by atoms with Gasteiger partial charge < -0.3 is 5.32 Å². The number of thiazole rings is 1. The van der Waals surface area contributed by atoms with Gasteiger partial charge in [0.25, 0.3) is 0 Å². The van der Waals surface area contributed by atoms with Crippen LogP contribution in [0.2, 0.25) is 0 Å². The lowest BCUT2D eigenvalue weighted by Gasteiger charge is -2.03. The van der Waals surface area contributed by atoms with Crippen molar-refractivity contribution in [1.82, 2.24) is 20.1 Å². The summed E-state index contributed by atoms with van der Waals surface area (Å²) in [4.78, 5) is 4.23. The minimum Gasteiger partial charge on any atom is -0.306 e. The molecule has 2 aromatic heterocycles. The molecule has 16 heavy (non-hydrogen) atoms. The Balaban J connectivity index is 1.95. The molecule has 5 heteroatoms. The summed E-state index contributed by atoms with van der Waals surface area (Å²) in [5.41, 5.74) is 3.62. The molecule has 0 radical (unpaired) electrons. The van der Waals surface area contributed by atoms with Crippen LogP contribution in [-0.2, 0) is 20.1 Å². The Bertz CT molecular complexity index is 459. The zero-order valence-electron chi connectivity index (χ0n) is 9.82. The van der Waals surface area contributed by atoms with Crippen molar-refractivity contribution in [2.24, 2.45) is 7.05 Å². The molecule has 0 aliphatic rings. The fourth-order valence-corrected chi connectivity index (χ4v) is 2.29. The molecule has 0 aromatic carbocycles. The van der Waals surface area contributed by atoms with E-state index in [9.17, 15) is 0 Å². The van der Waals surface area contributed by atoms with Gasteiger partial charge in [0.05, 0.1) is 5.69 Å². The highest BCUT2D eigenvalue weighted by Gasteiger charge is 2.08. The molecule has 0 unspecified atom stereocenters. The van der Waals surface area contributed by atoms with E-state index in [1.54, 1.807) is 11.3 Å². The Hall–Kier alpha value is -1.20. The van der Waals surface area contributed by atoms with Gasteiger partial charge in [-0.3, -0.25) is 4.68 Å². The molecular weight excluding hydrogens is 220 g/mol. The molecule has 0 saturated carbocycles. The number of hydrogen-bond acceptors (Lipinski definition) is 4. The maximum Gasteiger partial charge on any atom is 0.106 e. The van der Waals surface area contributed by atoms with Gasteiger partial charge in [-0.2, -0.15) is 5.10 Å². The van der Waals surface area contributed by atoms with Crippen LogP contribution in [0.4, 0.5) is 0 Å². The fourth-order valence-electron chi connectivity index (χ4n) is 1.71. The van der Waals surface area contributed by atoms with Crippen LogP contribution in [0.15, 0.2) is 11.6 Å². The van der Waals surface area contributed by atoms with Crippen molar-refractivity contribution in [3.8, 4) is 0 Å². The van der Waals surface area contributed by atoms with E-state index in [1.807, 2.05) is 30.2 Å². The summed E-state index contributed by atoms with van der Waals surface area (Å²) in [6, 6.07) is 0. The first-order chi connectivity index (χ1) is 7.68. The summed E-state index contributed by atoms with van der Waals surface area (Å²) < 4.78 is 1.93. The zero-order chi connectivity index (χ0) is 11.5. The van der Waals surface area contributed by atoms with Gasteiger partial charge in [-0.1, -0.05) is 0 Å². The first-order valence-corrected chi connectivity index (χ1v) is 6.14. The van der Waals surface area contributed by atoms with Crippen molar-refractivity contribution in [3.05, 3.63) is 33.5 Å². The van der Waals surface area contributed by atoms with Crippen molar-refractivity contribution in [1.29, 1.82) is 0 Å². The number of hydrogen-bond donors (Lipinski definition) is 1. The maximum atomic E-state index is 4.39. The normalized spacial score (nSPS) is 10.9. The van der Waals surface area contributed by atoms with E-state index in [0.717, 1.165) is 23.8 Å². The molecule has 0 bridgehead atoms. The molecule has 2 aromatic rings. The fraction of sp³-hybridized carbons (Fsp3) is 0.455. The van der Waals surface area contributed by atoms with Crippen LogP contribution in [0, 0.1) is 13.8 Å². The molecule has 0 aliphatic carbocycles. The highest BCUT2D eigenvalue weighted by molar-refractivity contribution is 7.09. The van der Waals surface area contributed by atoms with Crippen LogP contribution in [0.5, 0.6) is 0 Å². The third-order valence-corrected chi connectivity index (χ3v) is 3.50. The smallest absolute Gasteiger partial charge is 0.106 e. The van der Waals surface area contributed by atoms with E-state index in [1.165, 1.54) is 11.3 Å². The first kappa shape index (κ1) is 11.3. The summed E-state index contributed by atoms with van der Waals surface area (Å²) in [6.45, 7) is 5.82. The SMILES string of the molecule is Cc1nn(C)c(C)c1CNCc1nccs1. The highest BCUT2D eigenvalue weighted by Crippen LogP contribution is 2.11. The number of nitrogens with one attached hydrogen (secondary N) is 1. The predicted molar refractivity (Wildman–Crippen MR) is 65.3 cm³/mol. The van der Waals surface area contributed by atoms with Crippen molar-refractivity contribution < 1.29 is 0 Å². The van der Waals surface area contributed by atoms with E-state index in [-0.39, 0.29) is 0 Å². The van der Waals surface area contributed by atoms with Crippen molar-refractivity contribution in [2.75, 3.05) is 0 Å². The maximum absolute atomic E-state index is 4.39. The molecule has 0 fully saturated rings. The average Bonchev–Trinajstić information content (AvgIpc) is 2.82. The van der Waals surface area contributed by atoms with Crippen LogP contribution >= 0.6 is 11.3 Å². The van der Waals surface area contributed by atoms with Crippen LogP contribution < -0.4 is 5.32 Å². The molecule has 4 nitrogen and oxygen atoms in total. The Labute approximate surface area is 99.3 Å². The molecule has 0 saturated heterocycles. The summed E-state index contributed by atoms with van der Waals surface area (Å²) in [5, 5.41) is 10.9. The molecule has 86 valence electrons. The number of aryl methyl sites for hydroxylation is 2. The molecule has 0 spiro atoms. The molecule has 0 aliphatic heterocycles. The second kappa shape index (κ2) is 4.76. The standard InChI is InChI=1S/C11H16N4S/c1-8-10(9(2)15(3)14-8)6-12-7-11-13-4-5-16-11/h4-5,12H,6-7H2,1-3H3. The van der Waals surface area contributed by atoms with Crippen LogP contribution in [0.3, 0.4) is 0 Å². The second-order valence-electron chi connectivity index (χ2n) is 3.80. The Kier molecular flexibility index (Phi) is 3.36. The summed E-state index contributed by atoms with van der Waals surface area (Å²) in [6.07, 6.45) is 1.84. The van der Waals surface area contributed by atoms with Crippen LogP contribution in [0.1, 0.15) is 22.0 Å². The Morgan fingerprint density at radius 3 is 2.75 bits per heavy atom. The molecule has 1 N–H and O–H groups in total. The van der Waals surface area contributed by atoms with E-state index in [4.69, 9.17) is 0 Å². The largest absolute Gasteiger partial charge is 0.306 e. The van der Waals surface area contributed by atoms with Crippen LogP contribution in [0.25, 0.3) is 0 Å². The quantitative estimate of drug-likeness (QED) is 0.880. The molecular formula is C11H16N4S. The third-order valence-electron chi connectivity index (χ3n) is 2.72. The summed E-state index contributed by atoms with van der Waals surface area (Å²) in [5.74, 6) is 0. The highest BCUT2D eigenvalue weighted by atomic mass is 32.1. The van der Waals surface area contributed by atoms with Crippen molar-refractivity contribution >= 4 is 11.3 Å². The Morgan fingerprint density at radius 1 is 1.38 bits per heavy atom. The van der Waals surface area contributed by atoms with Gasteiger partial charge in [-0.05, 0) is 13.8 Å². The Morgan fingerprint density at radius 2 is 2.19 bits per heavy atom. The van der Waals surface area contributed by atoms with Crippen molar-refractivity contribution in [2.45, 2.75) is 26.9 Å². The van der Waals surface area contributed by atoms with Gasteiger partial charge in [0.2, 0.25) is 0 Å².